The topological polar surface area (TPSA) is 83.0 Å². The summed E-state index contributed by atoms with van der Waals surface area (Å²) in [6.07, 6.45) is 1.49. The van der Waals surface area contributed by atoms with Crippen LogP contribution in [0.4, 0.5) is 0 Å². The van der Waals surface area contributed by atoms with Crippen LogP contribution in [0.5, 0.6) is 5.88 Å². The second-order valence-electron chi connectivity index (χ2n) is 4.55. The van der Waals surface area contributed by atoms with E-state index >= 15 is 0 Å². The number of aromatic nitrogens is 1. The highest BCUT2D eigenvalue weighted by Gasteiger charge is 2.23. The Morgan fingerprint density at radius 1 is 1.30 bits per heavy atom. The third-order valence-corrected chi connectivity index (χ3v) is 3.21. The molecule has 108 valence electrons. The third kappa shape index (κ3) is 3.45. The van der Waals surface area contributed by atoms with Crippen LogP contribution < -0.4 is 4.74 Å². The van der Waals surface area contributed by atoms with Crippen LogP contribution in [0.25, 0.3) is 0 Å². The largest absolute Gasteiger partial charge is 0.481 e. The lowest BCUT2D eigenvalue weighted by molar-refractivity contribution is -0.138. The number of hydrogen-bond donors (Lipinski definition) is 1. The molecule has 0 unspecified atom stereocenters. The number of carbonyl (C=O) groups excluding carboxylic acids is 1. The number of piperazine rings is 1. The van der Waals surface area contributed by atoms with Gasteiger partial charge in [0.15, 0.2) is 0 Å². The molecule has 1 aliphatic rings. The van der Waals surface area contributed by atoms with Crippen molar-refractivity contribution in [2.45, 2.75) is 0 Å². The number of amides is 1. The maximum atomic E-state index is 12.2. The number of carboxylic acid groups (broad SMARTS) is 1. The number of hydrogen-bond acceptors (Lipinski definition) is 5. The van der Waals surface area contributed by atoms with Gasteiger partial charge in [0.25, 0.3) is 5.91 Å². The number of nitrogens with zero attached hydrogens (tertiary/aromatic N) is 3. The number of carboxylic acids is 1. The number of ether oxygens (including phenoxy) is 1. The Hall–Kier alpha value is -2.15. The fraction of sp³-hybridized carbons (Fsp3) is 0.462. The van der Waals surface area contributed by atoms with Crippen LogP contribution in [-0.2, 0) is 4.79 Å². The molecular weight excluding hydrogens is 262 g/mol. The molecule has 0 bridgehead atoms. The minimum absolute atomic E-state index is 0.0200. The van der Waals surface area contributed by atoms with Crippen LogP contribution in [0.2, 0.25) is 0 Å². The summed E-state index contributed by atoms with van der Waals surface area (Å²) >= 11 is 0. The van der Waals surface area contributed by atoms with Crippen molar-refractivity contribution in [2.75, 3.05) is 39.8 Å². The van der Waals surface area contributed by atoms with Gasteiger partial charge in [0, 0.05) is 38.4 Å². The van der Waals surface area contributed by atoms with Gasteiger partial charge in [-0.1, -0.05) is 0 Å². The summed E-state index contributed by atoms with van der Waals surface area (Å²) in [5, 5.41) is 8.73. The summed E-state index contributed by atoms with van der Waals surface area (Å²) in [7, 11) is 1.52. The first-order valence-electron chi connectivity index (χ1n) is 6.33. The first-order valence-corrected chi connectivity index (χ1v) is 6.33. The van der Waals surface area contributed by atoms with Gasteiger partial charge >= 0.3 is 5.97 Å². The molecule has 2 heterocycles. The molecule has 1 aromatic rings. The van der Waals surface area contributed by atoms with E-state index in [2.05, 4.69) is 4.98 Å². The van der Waals surface area contributed by atoms with Crippen LogP contribution in [0.3, 0.4) is 0 Å². The van der Waals surface area contributed by atoms with Crippen molar-refractivity contribution < 1.29 is 19.4 Å². The molecule has 7 nitrogen and oxygen atoms in total. The Labute approximate surface area is 116 Å². The van der Waals surface area contributed by atoms with Crippen LogP contribution >= 0.6 is 0 Å². The molecule has 0 radical (unpaired) electrons. The van der Waals surface area contributed by atoms with Gasteiger partial charge in [-0.05, 0) is 6.07 Å². The van der Waals surface area contributed by atoms with Gasteiger partial charge in [-0.2, -0.15) is 0 Å². The van der Waals surface area contributed by atoms with E-state index in [9.17, 15) is 9.59 Å². The molecule has 0 saturated carbocycles. The van der Waals surface area contributed by atoms with E-state index in [1.165, 1.54) is 13.3 Å². The average Bonchev–Trinajstić information content (AvgIpc) is 2.47. The summed E-state index contributed by atoms with van der Waals surface area (Å²) in [6, 6.07) is 3.33. The molecule has 1 saturated heterocycles. The molecule has 1 amide bonds. The number of aliphatic carboxylic acids is 1. The summed E-state index contributed by atoms with van der Waals surface area (Å²) in [5.74, 6) is -0.466. The van der Waals surface area contributed by atoms with Crippen LogP contribution in [0.1, 0.15) is 10.4 Å². The van der Waals surface area contributed by atoms with Gasteiger partial charge in [0.2, 0.25) is 5.88 Å². The van der Waals surface area contributed by atoms with Gasteiger partial charge < -0.3 is 14.7 Å². The predicted octanol–water partition coefficient (Wildman–Crippen LogP) is -0.0674. The van der Waals surface area contributed by atoms with Crippen molar-refractivity contribution in [1.82, 2.24) is 14.8 Å². The van der Waals surface area contributed by atoms with Crippen molar-refractivity contribution in [3.63, 3.8) is 0 Å². The lowest BCUT2D eigenvalue weighted by atomic mass is 10.2. The van der Waals surface area contributed by atoms with E-state index in [0.29, 0.717) is 37.6 Å². The maximum Gasteiger partial charge on any atom is 0.317 e. The zero-order valence-corrected chi connectivity index (χ0v) is 11.3. The zero-order valence-electron chi connectivity index (χ0n) is 11.3. The molecule has 0 spiro atoms. The molecule has 0 aliphatic carbocycles. The summed E-state index contributed by atoms with van der Waals surface area (Å²) in [5.41, 5.74) is 0.512. The molecule has 2 rings (SSSR count). The molecule has 7 heteroatoms. The Balaban J connectivity index is 1.92. The van der Waals surface area contributed by atoms with Crippen molar-refractivity contribution in [2.24, 2.45) is 0 Å². The Morgan fingerprint density at radius 3 is 2.50 bits per heavy atom. The van der Waals surface area contributed by atoms with Crippen molar-refractivity contribution in [3.8, 4) is 5.88 Å². The number of carbonyl (C=O) groups is 2. The van der Waals surface area contributed by atoms with Gasteiger partial charge in [0.05, 0.1) is 19.2 Å². The first-order chi connectivity index (χ1) is 9.60. The summed E-state index contributed by atoms with van der Waals surface area (Å²) in [6.45, 7) is 2.21. The molecule has 1 N–H and O–H groups in total. The second kappa shape index (κ2) is 6.33. The van der Waals surface area contributed by atoms with Crippen LogP contribution in [-0.4, -0.2) is 71.6 Å². The van der Waals surface area contributed by atoms with E-state index < -0.39 is 5.97 Å². The van der Waals surface area contributed by atoms with Gasteiger partial charge in [-0.3, -0.25) is 14.5 Å². The average molecular weight is 279 g/mol. The van der Waals surface area contributed by atoms with Crippen LogP contribution in [0, 0.1) is 0 Å². The monoisotopic (exact) mass is 279 g/mol. The van der Waals surface area contributed by atoms with E-state index in [0.717, 1.165) is 0 Å². The minimum Gasteiger partial charge on any atom is -0.481 e. The number of pyridine rings is 1. The summed E-state index contributed by atoms with van der Waals surface area (Å²) in [4.78, 5) is 30.4. The first kappa shape index (κ1) is 14.3. The molecule has 1 aliphatic heterocycles. The maximum absolute atomic E-state index is 12.2. The van der Waals surface area contributed by atoms with E-state index in [-0.39, 0.29) is 12.5 Å². The normalized spacial score (nSPS) is 15.9. The molecule has 0 atom stereocenters. The Morgan fingerprint density at radius 2 is 2.00 bits per heavy atom. The summed E-state index contributed by atoms with van der Waals surface area (Å²) < 4.78 is 4.95. The highest BCUT2D eigenvalue weighted by Crippen LogP contribution is 2.11. The van der Waals surface area contributed by atoms with Crippen molar-refractivity contribution >= 4 is 11.9 Å². The molecule has 1 fully saturated rings. The molecule has 20 heavy (non-hydrogen) atoms. The highest BCUT2D eigenvalue weighted by atomic mass is 16.5. The predicted molar refractivity (Wildman–Crippen MR) is 70.8 cm³/mol. The zero-order chi connectivity index (χ0) is 14.5. The molecule has 1 aromatic heterocycles. The fourth-order valence-electron chi connectivity index (χ4n) is 2.11. The second-order valence-corrected chi connectivity index (χ2v) is 4.55. The lowest BCUT2D eigenvalue weighted by Crippen LogP contribution is -2.49. The van der Waals surface area contributed by atoms with Crippen molar-refractivity contribution in [1.29, 1.82) is 0 Å². The Kier molecular flexibility index (Phi) is 4.52. The standard InChI is InChI=1S/C13H17N3O4/c1-20-11-3-2-10(8-14-11)13(19)16-6-4-15(5-7-16)9-12(17)18/h2-3,8H,4-7,9H2,1H3,(H,17,18). The van der Waals surface area contributed by atoms with Gasteiger partial charge in [-0.25, -0.2) is 4.98 Å². The molecular formula is C13H17N3O4. The SMILES string of the molecule is COc1ccc(C(=O)N2CCN(CC(=O)O)CC2)cn1. The Bertz CT molecular complexity index is 481. The van der Waals surface area contributed by atoms with Crippen LogP contribution in [0.15, 0.2) is 18.3 Å². The highest BCUT2D eigenvalue weighted by molar-refractivity contribution is 5.94. The quantitative estimate of drug-likeness (QED) is 0.831. The van der Waals surface area contributed by atoms with E-state index in [1.807, 2.05) is 4.90 Å². The molecule has 0 aromatic carbocycles. The smallest absolute Gasteiger partial charge is 0.317 e. The van der Waals surface area contributed by atoms with E-state index in [4.69, 9.17) is 9.84 Å². The van der Waals surface area contributed by atoms with Gasteiger partial charge in [0.1, 0.15) is 0 Å². The lowest BCUT2D eigenvalue weighted by Gasteiger charge is -2.33. The van der Waals surface area contributed by atoms with Crippen molar-refractivity contribution in [3.05, 3.63) is 23.9 Å². The number of rotatable bonds is 4. The minimum atomic E-state index is -0.843. The third-order valence-electron chi connectivity index (χ3n) is 3.21. The van der Waals surface area contributed by atoms with Gasteiger partial charge in [-0.15, -0.1) is 0 Å². The van der Waals surface area contributed by atoms with E-state index in [1.54, 1.807) is 17.0 Å². The number of methoxy groups -OCH3 is 1. The fourth-order valence-corrected chi connectivity index (χ4v) is 2.11.